The van der Waals surface area contributed by atoms with Crippen LogP contribution in [0.4, 0.5) is 28.7 Å². The van der Waals surface area contributed by atoms with Crippen molar-refractivity contribution in [3.63, 3.8) is 0 Å². The van der Waals surface area contributed by atoms with E-state index in [0.717, 1.165) is 11.9 Å². The van der Waals surface area contributed by atoms with Crippen molar-refractivity contribution in [2.45, 2.75) is 6.92 Å². The predicted octanol–water partition coefficient (Wildman–Crippen LogP) is 3.76. The first-order valence-corrected chi connectivity index (χ1v) is 9.77. The molecule has 2 aromatic carbocycles. The lowest BCUT2D eigenvalue weighted by Crippen LogP contribution is -2.09. The number of rotatable bonds is 8. The van der Waals surface area contributed by atoms with Gasteiger partial charge in [0.15, 0.2) is 0 Å². The van der Waals surface area contributed by atoms with Gasteiger partial charge in [-0.3, -0.25) is 10.1 Å². The highest BCUT2D eigenvalue weighted by molar-refractivity contribution is 5.97. The summed E-state index contributed by atoms with van der Waals surface area (Å²) in [5, 5.41) is 17.6. The topological polar surface area (TPSA) is 155 Å². The summed E-state index contributed by atoms with van der Waals surface area (Å²) in [6.07, 6.45) is 1.13. The van der Waals surface area contributed by atoms with Crippen LogP contribution in [0.3, 0.4) is 0 Å². The first-order chi connectivity index (χ1) is 16.3. The molecule has 12 heteroatoms. The van der Waals surface area contributed by atoms with Crippen molar-refractivity contribution >= 4 is 40.6 Å². The van der Waals surface area contributed by atoms with Crippen molar-refractivity contribution in [2.75, 3.05) is 32.0 Å². The normalized spacial score (nSPS) is 10.2. The first kappa shape index (κ1) is 23.9. The number of hydrogen-bond acceptors (Lipinski definition) is 11. The summed E-state index contributed by atoms with van der Waals surface area (Å²) in [6.45, 7) is 1.86. The van der Waals surface area contributed by atoms with Crippen molar-refractivity contribution in [1.82, 2.24) is 9.97 Å². The van der Waals surface area contributed by atoms with Gasteiger partial charge in [0.25, 0.3) is 0 Å². The summed E-state index contributed by atoms with van der Waals surface area (Å²) in [5.74, 6) is -1.23. The predicted molar refractivity (Wildman–Crippen MR) is 122 cm³/mol. The Hall–Kier alpha value is -4.74. The fraction of sp³-hybridized carbons (Fsp3) is 0.182. The largest absolute Gasteiger partial charge is 0.495 e. The Bertz CT molecular complexity index is 1230. The minimum atomic E-state index is -0.708. The van der Waals surface area contributed by atoms with Gasteiger partial charge in [0.1, 0.15) is 12.1 Å². The molecule has 12 nitrogen and oxygen atoms in total. The molecule has 1 heterocycles. The maximum Gasteiger partial charge on any atom is 0.353 e. The zero-order valence-corrected chi connectivity index (χ0v) is 18.7. The highest BCUT2D eigenvalue weighted by atomic mass is 16.6. The van der Waals surface area contributed by atoms with E-state index in [-0.39, 0.29) is 28.5 Å². The molecule has 0 bridgehead atoms. The number of hydrogen-bond donors (Lipinski definition) is 2. The van der Waals surface area contributed by atoms with Crippen LogP contribution in [0.1, 0.15) is 26.3 Å². The van der Waals surface area contributed by atoms with Crippen molar-refractivity contribution in [1.29, 1.82) is 0 Å². The van der Waals surface area contributed by atoms with Gasteiger partial charge >= 0.3 is 17.6 Å². The second kappa shape index (κ2) is 10.3. The average molecular weight is 467 g/mol. The van der Waals surface area contributed by atoms with Gasteiger partial charge in [0.05, 0.1) is 43.1 Å². The lowest BCUT2D eigenvalue weighted by molar-refractivity contribution is -0.383. The quantitative estimate of drug-likeness (QED) is 0.282. The molecule has 0 atom stereocenters. The highest BCUT2D eigenvalue weighted by Crippen LogP contribution is 2.36. The van der Waals surface area contributed by atoms with Crippen molar-refractivity contribution in [3.05, 3.63) is 69.5 Å². The molecule has 34 heavy (non-hydrogen) atoms. The third-order valence-corrected chi connectivity index (χ3v) is 4.65. The Morgan fingerprint density at radius 1 is 0.912 bits per heavy atom. The van der Waals surface area contributed by atoms with Crippen LogP contribution >= 0.6 is 0 Å². The molecule has 0 aliphatic rings. The lowest BCUT2D eigenvalue weighted by Gasteiger charge is -2.13. The van der Waals surface area contributed by atoms with E-state index < -0.39 is 22.5 Å². The van der Waals surface area contributed by atoms with Crippen LogP contribution < -0.4 is 15.4 Å². The number of carbonyl (C=O) groups is 2. The summed E-state index contributed by atoms with van der Waals surface area (Å²) in [6, 6.07) is 9.31. The van der Waals surface area contributed by atoms with Crippen molar-refractivity contribution < 1.29 is 28.7 Å². The summed E-state index contributed by atoms with van der Waals surface area (Å²) in [4.78, 5) is 43.4. The molecule has 0 aliphatic heterocycles. The number of methoxy groups -OCH3 is 3. The highest BCUT2D eigenvalue weighted by Gasteiger charge is 2.25. The van der Waals surface area contributed by atoms with E-state index in [9.17, 15) is 19.7 Å². The molecule has 0 unspecified atom stereocenters. The summed E-state index contributed by atoms with van der Waals surface area (Å²) in [5.41, 5.74) is 1.14. The molecule has 3 rings (SSSR count). The molecule has 0 saturated carbocycles. The average Bonchev–Trinajstić information content (AvgIpc) is 2.82. The molecule has 0 saturated heterocycles. The van der Waals surface area contributed by atoms with Crippen LogP contribution in [0.2, 0.25) is 0 Å². The number of ether oxygens (including phenoxy) is 3. The Balaban J connectivity index is 2.07. The number of anilines is 4. The fourth-order valence-corrected chi connectivity index (χ4v) is 3.09. The summed E-state index contributed by atoms with van der Waals surface area (Å²) in [7, 11) is 3.85. The zero-order chi connectivity index (χ0) is 24.8. The van der Waals surface area contributed by atoms with Crippen molar-refractivity contribution in [2.24, 2.45) is 0 Å². The second-order valence-corrected chi connectivity index (χ2v) is 6.91. The van der Waals surface area contributed by atoms with E-state index in [2.05, 4.69) is 20.6 Å². The standard InChI is InChI=1S/C22H21N5O7/c1-12-5-6-17(32-2)16(7-12)26-20-18(27(30)31)19(23-11-24-20)25-15-9-13(21(28)33-3)8-14(10-15)22(29)34-4/h5-11H,1-4H3,(H2,23,24,25,26). The maximum atomic E-state index is 12.0. The van der Waals surface area contributed by atoms with Gasteiger partial charge in [-0.2, -0.15) is 0 Å². The summed E-state index contributed by atoms with van der Waals surface area (Å²) < 4.78 is 14.7. The molecule has 0 fully saturated rings. The van der Waals surface area contributed by atoms with Crippen LogP contribution in [0.25, 0.3) is 0 Å². The van der Waals surface area contributed by atoms with Crippen LogP contribution in [-0.2, 0) is 9.47 Å². The third-order valence-electron chi connectivity index (χ3n) is 4.65. The Kier molecular flexibility index (Phi) is 7.21. The molecule has 0 aliphatic carbocycles. The second-order valence-electron chi connectivity index (χ2n) is 6.91. The molecular formula is C22H21N5O7. The molecule has 2 N–H and O–H groups in total. The minimum absolute atomic E-state index is 0.0347. The van der Waals surface area contributed by atoms with Crippen LogP contribution in [0.5, 0.6) is 5.75 Å². The number of nitrogens with zero attached hydrogens (tertiary/aromatic N) is 3. The maximum absolute atomic E-state index is 12.0. The Labute approximate surface area is 194 Å². The number of aromatic nitrogens is 2. The number of nitrogens with one attached hydrogen (secondary N) is 2. The SMILES string of the molecule is COC(=O)c1cc(Nc2ncnc(Nc3cc(C)ccc3OC)c2[N+](=O)[O-])cc(C(=O)OC)c1. The number of aryl methyl sites for hydroxylation is 1. The van der Waals surface area contributed by atoms with E-state index in [1.807, 2.05) is 13.0 Å². The van der Waals surface area contributed by atoms with Crippen LogP contribution in [-0.4, -0.2) is 48.2 Å². The minimum Gasteiger partial charge on any atom is -0.495 e. The molecule has 176 valence electrons. The van der Waals surface area contributed by atoms with Gasteiger partial charge < -0.3 is 24.8 Å². The number of esters is 2. The smallest absolute Gasteiger partial charge is 0.353 e. The molecule has 3 aromatic rings. The van der Waals surface area contributed by atoms with Crippen LogP contribution in [0.15, 0.2) is 42.7 Å². The molecule has 0 radical (unpaired) electrons. The van der Waals surface area contributed by atoms with E-state index in [4.69, 9.17) is 14.2 Å². The van der Waals surface area contributed by atoms with Gasteiger partial charge in [-0.25, -0.2) is 19.6 Å². The van der Waals surface area contributed by atoms with Gasteiger partial charge in [-0.15, -0.1) is 0 Å². The number of benzene rings is 2. The molecule has 0 amide bonds. The van der Waals surface area contributed by atoms with Gasteiger partial charge in [0.2, 0.25) is 11.6 Å². The lowest BCUT2D eigenvalue weighted by atomic mass is 10.1. The monoisotopic (exact) mass is 467 g/mol. The number of carbonyl (C=O) groups excluding carboxylic acids is 2. The molecular weight excluding hydrogens is 446 g/mol. The summed E-state index contributed by atoms with van der Waals surface area (Å²) >= 11 is 0. The van der Waals surface area contributed by atoms with E-state index >= 15 is 0 Å². The molecule has 1 aromatic heterocycles. The fourth-order valence-electron chi connectivity index (χ4n) is 3.09. The Morgan fingerprint density at radius 2 is 1.50 bits per heavy atom. The van der Waals surface area contributed by atoms with Gasteiger partial charge in [-0.1, -0.05) is 6.07 Å². The van der Waals surface area contributed by atoms with E-state index in [1.165, 1.54) is 39.5 Å². The van der Waals surface area contributed by atoms with E-state index in [1.54, 1.807) is 12.1 Å². The van der Waals surface area contributed by atoms with Crippen LogP contribution in [0, 0.1) is 17.0 Å². The Morgan fingerprint density at radius 3 is 2.03 bits per heavy atom. The molecule has 0 spiro atoms. The van der Waals surface area contributed by atoms with E-state index in [0.29, 0.717) is 11.4 Å². The van der Waals surface area contributed by atoms with Gasteiger partial charge in [-0.05, 0) is 42.8 Å². The zero-order valence-electron chi connectivity index (χ0n) is 18.7. The van der Waals surface area contributed by atoms with Crippen molar-refractivity contribution in [3.8, 4) is 5.75 Å². The third kappa shape index (κ3) is 5.18. The van der Waals surface area contributed by atoms with Gasteiger partial charge in [0, 0.05) is 5.69 Å². The first-order valence-electron chi connectivity index (χ1n) is 9.77. The number of nitro groups is 1.